The maximum atomic E-state index is 11.9. The zero-order valence-corrected chi connectivity index (χ0v) is 13.6. The Hall–Kier alpha value is -0.310. The highest BCUT2D eigenvalue weighted by Gasteiger charge is 2.32. The van der Waals surface area contributed by atoms with Crippen LogP contribution in [0.1, 0.15) is 12.6 Å². The molecule has 1 aliphatic rings. The molecule has 1 N–H and O–H groups in total. The van der Waals surface area contributed by atoms with E-state index >= 15 is 0 Å². The highest BCUT2D eigenvalue weighted by molar-refractivity contribution is 8.01. The number of anilines is 1. The molecular formula is C11H19N3O2S3. The second kappa shape index (κ2) is 6.43. The molecule has 19 heavy (non-hydrogen) atoms. The van der Waals surface area contributed by atoms with Gasteiger partial charge in [0.1, 0.15) is 5.37 Å². The Labute approximate surface area is 122 Å². The van der Waals surface area contributed by atoms with Crippen molar-refractivity contribution in [3.63, 3.8) is 0 Å². The Morgan fingerprint density at radius 1 is 1.58 bits per heavy atom. The Balaban J connectivity index is 2.16. The highest BCUT2D eigenvalue weighted by Crippen LogP contribution is 2.29. The molecule has 108 valence electrons. The first-order valence-corrected chi connectivity index (χ1v) is 10.2. The lowest BCUT2D eigenvalue weighted by atomic mass is 10.5. The van der Waals surface area contributed by atoms with Gasteiger partial charge in [0.15, 0.2) is 15.0 Å². The first-order chi connectivity index (χ1) is 9.02. The highest BCUT2D eigenvalue weighted by atomic mass is 32.2. The average Bonchev–Trinajstić information content (AvgIpc) is 2.84. The Bertz CT molecular complexity index is 515. The molecule has 5 nitrogen and oxygen atoms in total. The van der Waals surface area contributed by atoms with Crippen molar-refractivity contribution in [2.75, 3.05) is 35.8 Å². The lowest BCUT2D eigenvalue weighted by Crippen LogP contribution is -2.47. The summed E-state index contributed by atoms with van der Waals surface area (Å²) >= 11 is 3.22. The zero-order chi connectivity index (χ0) is 13.9. The second-order valence-electron chi connectivity index (χ2n) is 4.45. The van der Waals surface area contributed by atoms with Gasteiger partial charge in [-0.25, -0.2) is 13.4 Å². The topological polar surface area (TPSA) is 62.3 Å². The van der Waals surface area contributed by atoms with E-state index in [1.807, 2.05) is 10.3 Å². The van der Waals surface area contributed by atoms with Gasteiger partial charge in [0.05, 0.1) is 5.69 Å². The van der Waals surface area contributed by atoms with Gasteiger partial charge < -0.3 is 10.2 Å². The maximum Gasteiger partial charge on any atom is 0.186 e. The van der Waals surface area contributed by atoms with E-state index in [1.165, 1.54) is 17.6 Å². The smallest absolute Gasteiger partial charge is 0.186 e. The fourth-order valence-electron chi connectivity index (χ4n) is 1.92. The minimum Gasteiger partial charge on any atom is -0.330 e. The van der Waals surface area contributed by atoms with Crippen LogP contribution < -0.4 is 10.2 Å². The molecule has 1 aromatic heterocycles. The Morgan fingerprint density at radius 2 is 2.37 bits per heavy atom. The monoisotopic (exact) mass is 321 g/mol. The fraction of sp³-hybridized carbons (Fsp3) is 0.727. The van der Waals surface area contributed by atoms with E-state index in [4.69, 9.17) is 0 Å². The fourth-order valence-corrected chi connectivity index (χ4v) is 5.70. The third kappa shape index (κ3) is 3.84. The zero-order valence-electron chi connectivity index (χ0n) is 11.1. The van der Waals surface area contributed by atoms with Gasteiger partial charge in [-0.1, -0.05) is 6.92 Å². The lowest BCUT2D eigenvalue weighted by molar-refractivity contribution is 0.584. The number of thioether (sulfide) groups is 1. The summed E-state index contributed by atoms with van der Waals surface area (Å²) in [7, 11) is -3.07. The number of aromatic nitrogens is 1. The van der Waals surface area contributed by atoms with Crippen LogP contribution in [0.15, 0.2) is 5.38 Å². The first kappa shape index (κ1) is 15.1. The van der Waals surface area contributed by atoms with Gasteiger partial charge in [0.25, 0.3) is 0 Å². The number of rotatable bonds is 5. The van der Waals surface area contributed by atoms with Crippen LogP contribution in [-0.4, -0.2) is 49.6 Å². The van der Waals surface area contributed by atoms with E-state index in [0.717, 1.165) is 36.2 Å². The summed E-state index contributed by atoms with van der Waals surface area (Å²) in [6, 6.07) is 0. The molecular weight excluding hydrogens is 302 g/mol. The minimum atomic E-state index is -3.07. The molecule has 1 fully saturated rings. The van der Waals surface area contributed by atoms with Crippen molar-refractivity contribution in [3.8, 4) is 0 Å². The third-order valence-corrected chi connectivity index (χ3v) is 6.49. The molecule has 0 spiro atoms. The van der Waals surface area contributed by atoms with E-state index < -0.39 is 15.2 Å². The number of sulfone groups is 1. The molecule has 2 rings (SSSR count). The van der Waals surface area contributed by atoms with E-state index in [0.29, 0.717) is 5.75 Å². The van der Waals surface area contributed by atoms with Gasteiger partial charge in [-0.15, -0.1) is 11.3 Å². The normalized spacial score (nSPS) is 20.7. The lowest BCUT2D eigenvalue weighted by Gasteiger charge is -2.33. The molecule has 1 aliphatic heterocycles. The Morgan fingerprint density at radius 3 is 3.05 bits per heavy atom. The second-order valence-corrected chi connectivity index (χ2v) is 8.64. The van der Waals surface area contributed by atoms with Crippen LogP contribution >= 0.6 is 23.1 Å². The van der Waals surface area contributed by atoms with Crippen molar-refractivity contribution in [1.82, 2.24) is 10.3 Å². The molecule has 0 aliphatic carbocycles. The predicted octanol–water partition coefficient (Wildman–Crippen LogP) is 1.18. The van der Waals surface area contributed by atoms with Crippen molar-refractivity contribution in [1.29, 1.82) is 0 Å². The van der Waals surface area contributed by atoms with Gasteiger partial charge in [-0.2, -0.15) is 11.8 Å². The molecule has 0 radical (unpaired) electrons. The van der Waals surface area contributed by atoms with Crippen molar-refractivity contribution in [3.05, 3.63) is 11.1 Å². The van der Waals surface area contributed by atoms with Crippen molar-refractivity contribution < 1.29 is 8.42 Å². The predicted molar refractivity (Wildman–Crippen MR) is 82.8 cm³/mol. The summed E-state index contributed by atoms with van der Waals surface area (Å²) in [6.45, 7) is 4.43. The molecule has 8 heteroatoms. The number of thiazole rings is 1. The molecule has 0 aromatic carbocycles. The molecule has 2 heterocycles. The number of nitrogens with one attached hydrogen (secondary N) is 1. The molecule has 1 unspecified atom stereocenters. The van der Waals surface area contributed by atoms with Gasteiger partial charge in [0, 0.05) is 36.2 Å². The van der Waals surface area contributed by atoms with Crippen LogP contribution in [0.25, 0.3) is 0 Å². The largest absolute Gasteiger partial charge is 0.330 e. The Kier molecular flexibility index (Phi) is 5.10. The van der Waals surface area contributed by atoms with Crippen LogP contribution in [0.3, 0.4) is 0 Å². The van der Waals surface area contributed by atoms with Crippen molar-refractivity contribution in [2.45, 2.75) is 18.8 Å². The number of hydrogen-bond donors (Lipinski definition) is 1. The number of hydrogen-bond acceptors (Lipinski definition) is 7. The molecule has 0 saturated carbocycles. The average molecular weight is 321 g/mol. The van der Waals surface area contributed by atoms with Crippen LogP contribution in [0.5, 0.6) is 0 Å². The maximum absolute atomic E-state index is 11.9. The van der Waals surface area contributed by atoms with Gasteiger partial charge in [0.2, 0.25) is 0 Å². The van der Waals surface area contributed by atoms with Crippen molar-refractivity contribution >= 4 is 38.1 Å². The molecule has 0 bridgehead atoms. The summed E-state index contributed by atoms with van der Waals surface area (Å²) < 4.78 is 23.7. The van der Waals surface area contributed by atoms with E-state index in [-0.39, 0.29) is 0 Å². The summed E-state index contributed by atoms with van der Waals surface area (Å²) in [5, 5.41) is 5.61. The summed E-state index contributed by atoms with van der Waals surface area (Å²) in [5.41, 5.74) is 0.979. The minimum absolute atomic E-state index is 0.440. The standard InChI is InChI=1S/C11H19N3O2S3/c1-3-12-6-9-7-18-11(13-9)14-4-5-17-8-10(14)19(2,15)16/h7,10,12H,3-6,8H2,1-2H3. The van der Waals surface area contributed by atoms with Crippen LogP contribution in [0, 0.1) is 0 Å². The first-order valence-electron chi connectivity index (χ1n) is 6.20. The molecule has 1 saturated heterocycles. The van der Waals surface area contributed by atoms with E-state index in [9.17, 15) is 8.42 Å². The van der Waals surface area contributed by atoms with E-state index in [2.05, 4.69) is 17.2 Å². The van der Waals surface area contributed by atoms with Gasteiger partial charge in [-0.3, -0.25) is 0 Å². The molecule has 0 amide bonds. The SMILES string of the molecule is CCNCc1csc(N2CCSCC2S(C)(=O)=O)n1. The summed E-state index contributed by atoms with van der Waals surface area (Å²) in [5.74, 6) is 1.58. The van der Waals surface area contributed by atoms with Crippen molar-refractivity contribution in [2.24, 2.45) is 0 Å². The van der Waals surface area contributed by atoms with Crippen LogP contribution in [-0.2, 0) is 16.4 Å². The summed E-state index contributed by atoms with van der Waals surface area (Å²) in [4.78, 5) is 6.48. The molecule has 1 atom stereocenters. The van der Waals surface area contributed by atoms with Crippen LogP contribution in [0.4, 0.5) is 5.13 Å². The van der Waals surface area contributed by atoms with E-state index in [1.54, 1.807) is 11.8 Å². The quantitative estimate of drug-likeness (QED) is 0.878. The van der Waals surface area contributed by atoms with Gasteiger partial charge >= 0.3 is 0 Å². The van der Waals surface area contributed by atoms with Crippen LogP contribution in [0.2, 0.25) is 0 Å². The molecule has 1 aromatic rings. The van der Waals surface area contributed by atoms with Gasteiger partial charge in [-0.05, 0) is 6.54 Å². The summed E-state index contributed by atoms with van der Waals surface area (Å²) in [6.07, 6.45) is 1.31. The number of nitrogens with zero attached hydrogens (tertiary/aromatic N) is 2. The third-order valence-electron chi connectivity index (χ3n) is 2.92.